The zero-order valence-electron chi connectivity index (χ0n) is 25.7. The summed E-state index contributed by atoms with van der Waals surface area (Å²) in [5.74, 6) is 1.34. The fourth-order valence-electron chi connectivity index (χ4n) is 6.26. The molecule has 0 spiro atoms. The van der Waals surface area contributed by atoms with E-state index >= 15 is 0 Å². The molecule has 0 radical (unpaired) electrons. The fourth-order valence-corrected chi connectivity index (χ4v) is 6.39. The van der Waals surface area contributed by atoms with E-state index < -0.39 is 0 Å². The Morgan fingerprint density at radius 3 is 2.44 bits per heavy atom. The van der Waals surface area contributed by atoms with E-state index in [0.717, 1.165) is 54.7 Å². The predicted octanol–water partition coefficient (Wildman–Crippen LogP) is 6.87. The normalized spacial score (nSPS) is 20.2. The van der Waals surface area contributed by atoms with E-state index in [4.69, 9.17) is 21.1 Å². The maximum atomic E-state index is 13.9. The minimum Gasteiger partial charge on any atom is -0.493 e. The second-order valence-electron chi connectivity index (χ2n) is 11.7. The summed E-state index contributed by atoms with van der Waals surface area (Å²) in [6, 6.07) is 20.0. The van der Waals surface area contributed by atoms with Gasteiger partial charge in [0.25, 0.3) is 0 Å². The molecule has 0 aliphatic carbocycles. The minimum absolute atomic E-state index is 0.0140. The molecule has 1 fully saturated rings. The van der Waals surface area contributed by atoms with Crippen molar-refractivity contribution in [1.29, 1.82) is 0 Å². The number of fused-ring (bicyclic) bond motifs is 1. The first-order valence-electron chi connectivity index (χ1n) is 15.2. The highest BCUT2D eigenvalue weighted by atomic mass is 35.5. The van der Waals surface area contributed by atoms with Crippen LogP contribution in [0.4, 0.5) is 5.69 Å². The first-order chi connectivity index (χ1) is 20.7. The quantitative estimate of drug-likeness (QED) is 0.289. The number of hydrogen-bond donors (Lipinski definition) is 1. The van der Waals surface area contributed by atoms with Crippen LogP contribution in [-0.4, -0.2) is 49.1 Å². The fraction of sp³-hybridized carbons (Fsp3) is 0.429. The number of ether oxygens (including phenoxy) is 2. The highest BCUT2D eigenvalue weighted by molar-refractivity contribution is 6.30. The third-order valence-corrected chi connectivity index (χ3v) is 8.99. The number of piperidine rings is 1. The summed E-state index contributed by atoms with van der Waals surface area (Å²) in [5, 5.41) is 3.73. The third kappa shape index (κ3) is 6.84. The van der Waals surface area contributed by atoms with Gasteiger partial charge in [0.15, 0.2) is 11.5 Å². The molecule has 0 aromatic heterocycles. The molecule has 2 aliphatic heterocycles. The van der Waals surface area contributed by atoms with Crippen LogP contribution in [0.5, 0.6) is 11.5 Å². The molecule has 8 heteroatoms. The number of carbonyl (C=O) groups is 2. The molecule has 7 nitrogen and oxygen atoms in total. The van der Waals surface area contributed by atoms with Crippen molar-refractivity contribution in [2.75, 3.05) is 25.1 Å². The van der Waals surface area contributed by atoms with Gasteiger partial charge in [-0.1, -0.05) is 42.8 Å². The van der Waals surface area contributed by atoms with Crippen molar-refractivity contribution < 1.29 is 19.1 Å². The number of halogens is 1. The summed E-state index contributed by atoms with van der Waals surface area (Å²) >= 11 is 6.27. The smallest absolute Gasteiger partial charge is 0.232 e. The standard InChI is InChI=1S/C35H42ClN3O4/c1-6-22(2)43-33-20-31-27(18-32(33)42-5)19-34(41)39(35(31)26-9-13-28(36)14-10-26)30-15-11-25(12-16-30)23(3)38-17-7-8-29(21-38)37-24(4)40/h9-16,18,20,22-23,29,35H,6-8,17,19,21H2,1-5H3,(H,37,40). The Morgan fingerprint density at radius 2 is 1.79 bits per heavy atom. The molecule has 2 heterocycles. The van der Waals surface area contributed by atoms with Gasteiger partial charge in [-0.15, -0.1) is 0 Å². The molecule has 0 bridgehead atoms. The van der Waals surface area contributed by atoms with Gasteiger partial charge in [-0.05, 0) is 98.3 Å². The number of methoxy groups -OCH3 is 1. The van der Waals surface area contributed by atoms with Crippen molar-refractivity contribution >= 4 is 29.1 Å². The van der Waals surface area contributed by atoms with Crippen molar-refractivity contribution in [2.24, 2.45) is 0 Å². The first kappa shape index (κ1) is 30.9. The van der Waals surface area contributed by atoms with E-state index in [-0.39, 0.29) is 42.5 Å². The molecule has 3 aromatic carbocycles. The van der Waals surface area contributed by atoms with Gasteiger partial charge < -0.3 is 19.7 Å². The molecular weight excluding hydrogens is 562 g/mol. The summed E-state index contributed by atoms with van der Waals surface area (Å²) < 4.78 is 12.0. The maximum Gasteiger partial charge on any atom is 0.232 e. The van der Waals surface area contributed by atoms with Crippen molar-refractivity contribution in [3.8, 4) is 11.5 Å². The van der Waals surface area contributed by atoms with Crippen LogP contribution in [0.25, 0.3) is 0 Å². The summed E-state index contributed by atoms with van der Waals surface area (Å²) in [6.45, 7) is 9.73. The van der Waals surface area contributed by atoms with E-state index in [9.17, 15) is 9.59 Å². The van der Waals surface area contributed by atoms with Gasteiger partial charge in [0.05, 0.1) is 25.7 Å². The molecule has 2 amide bonds. The van der Waals surface area contributed by atoms with Gasteiger partial charge in [0, 0.05) is 36.3 Å². The third-order valence-electron chi connectivity index (χ3n) is 8.74. The van der Waals surface area contributed by atoms with Gasteiger partial charge in [0.1, 0.15) is 0 Å². The Morgan fingerprint density at radius 1 is 1.07 bits per heavy atom. The van der Waals surface area contributed by atoms with Crippen LogP contribution in [-0.2, 0) is 16.0 Å². The van der Waals surface area contributed by atoms with Crippen molar-refractivity contribution in [1.82, 2.24) is 10.2 Å². The highest BCUT2D eigenvalue weighted by Gasteiger charge is 2.36. The van der Waals surface area contributed by atoms with E-state index in [0.29, 0.717) is 16.5 Å². The van der Waals surface area contributed by atoms with Crippen LogP contribution in [0, 0.1) is 0 Å². The summed E-state index contributed by atoms with van der Waals surface area (Å²) in [6.07, 6.45) is 3.19. The van der Waals surface area contributed by atoms with Gasteiger partial charge in [0.2, 0.25) is 11.8 Å². The Labute approximate surface area is 260 Å². The molecule has 43 heavy (non-hydrogen) atoms. The average molecular weight is 604 g/mol. The van der Waals surface area contributed by atoms with Gasteiger partial charge in [-0.25, -0.2) is 0 Å². The van der Waals surface area contributed by atoms with E-state index in [1.165, 1.54) is 5.56 Å². The largest absolute Gasteiger partial charge is 0.493 e. The van der Waals surface area contributed by atoms with E-state index in [2.05, 4.69) is 36.2 Å². The van der Waals surface area contributed by atoms with Crippen LogP contribution in [0.3, 0.4) is 0 Å². The Balaban J connectivity index is 1.49. The lowest BCUT2D eigenvalue weighted by Crippen LogP contribution is -2.47. The lowest BCUT2D eigenvalue weighted by Gasteiger charge is -2.39. The zero-order chi connectivity index (χ0) is 30.7. The lowest BCUT2D eigenvalue weighted by molar-refractivity contribution is -0.120. The molecule has 5 rings (SSSR count). The summed E-state index contributed by atoms with van der Waals surface area (Å²) in [5.41, 5.74) is 4.91. The summed E-state index contributed by atoms with van der Waals surface area (Å²) in [7, 11) is 1.63. The second-order valence-corrected chi connectivity index (χ2v) is 12.2. The molecule has 2 aliphatic rings. The lowest BCUT2D eigenvalue weighted by atomic mass is 9.86. The minimum atomic E-state index is -0.359. The maximum absolute atomic E-state index is 13.9. The van der Waals surface area contributed by atoms with Gasteiger partial charge in [-0.2, -0.15) is 0 Å². The molecule has 0 saturated carbocycles. The molecule has 1 saturated heterocycles. The van der Waals surface area contributed by atoms with Crippen molar-refractivity contribution in [3.05, 3.63) is 87.9 Å². The number of amides is 2. The van der Waals surface area contributed by atoms with Gasteiger partial charge >= 0.3 is 0 Å². The van der Waals surface area contributed by atoms with Crippen LogP contribution in [0.15, 0.2) is 60.7 Å². The monoisotopic (exact) mass is 603 g/mol. The van der Waals surface area contributed by atoms with Crippen molar-refractivity contribution in [2.45, 2.75) is 77.6 Å². The number of hydrogen-bond acceptors (Lipinski definition) is 5. The molecular formula is C35H42ClN3O4. The number of nitrogens with zero attached hydrogens (tertiary/aromatic N) is 2. The second kappa shape index (κ2) is 13.4. The Kier molecular flexibility index (Phi) is 9.62. The van der Waals surface area contributed by atoms with Crippen LogP contribution < -0.4 is 19.7 Å². The number of benzene rings is 3. The average Bonchev–Trinajstić information content (AvgIpc) is 3.00. The number of nitrogens with one attached hydrogen (secondary N) is 1. The number of anilines is 1. The molecule has 4 atom stereocenters. The molecule has 4 unspecified atom stereocenters. The van der Waals surface area contributed by atoms with Crippen molar-refractivity contribution in [3.63, 3.8) is 0 Å². The predicted molar refractivity (Wildman–Crippen MR) is 171 cm³/mol. The Bertz CT molecular complexity index is 1440. The van der Waals surface area contributed by atoms with Crippen LogP contribution in [0.1, 0.15) is 81.3 Å². The summed E-state index contributed by atoms with van der Waals surface area (Å²) in [4.78, 5) is 29.8. The SMILES string of the molecule is CCC(C)Oc1cc2c(cc1OC)CC(=O)N(c1ccc(C(C)N3CCCC(NC(C)=O)C3)cc1)C2c1ccc(Cl)cc1. The number of likely N-dealkylation sites (tertiary alicyclic amines) is 1. The zero-order valence-corrected chi connectivity index (χ0v) is 26.5. The van der Waals surface area contributed by atoms with E-state index in [1.807, 2.05) is 60.4 Å². The Hall–Kier alpha value is -3.55. The van der Waals surface area contributed by atoms with Gasteiger partial charge in [-0.3, -0.25) is 14.5 Å². The van der Waals surface area contributed by atoms with Crippen LogP contribution >= 0.6 is 11.6 Å². The van der Waals surface area contributed by atoms with Crippen LogP contribution in [0.2, 0.25) is 5.02 Å². The molecule has 228 valence electrons. The highest BCUT2D eigenvalue weighted by Crippen LogP contribution is 2.44. The number of carbonyl (C=O) groups excluding carboxylic acids is 2. The first-order valence-corrected chi connectivity index (χ1v) is 15.6. The number of rotatable bonds is 9. The van der Waals surface area contributed by atoms with E-state index in [1.54, 1.807) is 14.0 Å². The molecule has 1 N–H and O–H groups in total. The molecule has 3 aromatic rings. The topological polar surface area (TPSA) is 71.1 Å².